The molecule has 1 N–H and O–H groups in total. The SMILES string of the molecule is CNC(=O)[C@H](Cc1ccccc1)N(Cc1ccc(Cl)cc1Cl)C(=O)CN(c1ccc(C(C)C)cc1)S(=O)(=O)c1ccccc1. The molecule has 7 nitrogen and oxygen atoms in total. The summed E-state index contributed by atoms with van der Waals surface area (Å²) in [5.74, 6) is -0.741. The standard InChI is InChI=1S/C34H35Cl2N3O4S/c1-24(2)26-15-18-29(19-16-26)39(44(42,43)30-12-8-5-9-13-30)23-33(40)38(22-27-14-17-28(35)21-31(27)36)32(34(41)37-3)20-25-10-6-4-7-11-25/h4-19,21,24,32H,20,22-23H2,1-3H3,(H,37,41)/t32-/m0/s1. The van der Waals surface area contributed by atoms with Gasteiger partial charge in [-0.15, -0.1) is 0 Å². The maximum atomic E-state index is 14.4. The lowest BCUT2D eigenvalue weighted by Crippen LogP contribution is -2.53. The number of amides is 2. The fourth-order valence-electron chi connectivity index (χ4n) is 4.83. The van der Waals surface area contributed by atoms with Gasteiger partial charge in [-0.2, -0.15) is 0 Å². The Morgan fingerprint density at radius 2 is 1.45 bits per heavy atom. The van der Waals surface area contributed by atoms with Gasteiger partial charge < -0.3 is 10.2 Å². The molecule has 0 fully saturated rings. The molecular formula is C34H35Cl2N3O4S. The zero-order chi connectivity index (χ0) is 31.9. The summed E-state index contributed by atoms with van der Waals surface area (Å²) in [6, 6.07) is 28.3. The Hall–Kier alpha value is -3.85. The zero-order valence-corrected chi connectivity index (χ0v) is 27.1. The van der Waals surface area contributed by atoms with E-state index in [9.17, 15) is 18.0 Å². The third-order valence-electron chi connectivity index (χ3n) is 7.33. The first-order chi connectivity index (χ1) is 21.0. The van der Waals surface area contributed by atoms with E-state index in [0.717, 1.165) is 15.4 Å². The van der Waals surface area contributed by atoms with E-state index in [1.54, 1.807) is 48.5 Å². The number of likely N-dealkylation sites (N-methyl/N-ethyl adjacent to an activating group) is 1. The van der Waals surface area contributed by atoms with Crippen molar-refractivity contribution in [2.45, 2.75) is 43.7 Å². The number of hydrogen-bond donors (Lipinski definition) is 1. The van der Waals surface area contributed by atoms with E-state index in [1.165, 1.54) is 24.1 Å². The average Bonchev–Trinajstić information content (AvgIpc) is 3.02. The molecule has 0 bridgehead atoms. The molecule has 0 aromatic heterocycles. The van der Waals surface area contributed by atoms with Crippen molar-refractivity contribution in [2.24, 2.45) is 0 Å². The lowest BCUT2D eigenvalue weighted by atomic mass is 10.0. The van der Waals surface area contributed by atoms with Crippen molar-refractivity contribution >= 4 is 50.7 Å². The number of anilines is 1. The van der Waals surface area contributed by atoms with Gasteiger partial charge in [0.2, 0.25) is 11.8 Å². The molecule has 0 aliphatic heterocycles. The Labute approximate surface area is 269 Å². The monoisotopic (exact) mass is 651 g/mol. The first-order valence-corrected chi connectivity index (χ1v) is 16.4. The molecule has 4 aromatic carbocycles. The number of rotatable bonds is 12. The molecule has 4 rings (SSSR count). The van der Waals surface area contributed by atoms with Crippen LogP contribution in [-0.2, 0) is 32.6 Å². The fraction of sp³-hybridized carbons (Fsp3) is 0.235. The number of sulfonamides is 1. The molecule has 2 amide bonds. The van der Waals surface area contributed by atoms with Crippen LogP contribution in [0.1, 0.15) is 36.5 Å². The smallest absolute Gasteiger partial charge is 0.264 e. The van der Waals surface area contributed by atoms with Crippen LogP contribution >= 0.6 is 23.2 Å². The summed E-state index contributed by atoms with van der Waals surface area (Å²) in [5.41, 5.74) is 2.75. The summed E-state index contributed by atoms with van der Waals surface area (Å²) in [5, 5.41) is 3.42. The summed E-state index contributed by atoms with van der Waals surface area (Å²) in [6.07, 6.45) is 0.200. The summed E-state index contributed by atoms with van der Waals surface area (Å²) in [7, 11) is -2.67. The minimum Gasteiger partial charge on any atom is -0.357 e. The molecule has 0 aliphatic rings. The number of benzene rings is 4. The van der Waals surface area contributed by atoms with Gasteiger partial charge in [-0.05, 0) is 59.0 Å². The second-order valence-corrected chi connectivity index (χ2v) is 13.4. The normalized spacial score (nSPS) is 12.0. The molecule has 10 heteroatoms. The van der Waals surface area contributed by atoms with Crippen LogP contribution in [0.25, 0.3) is 0 Å². The van der Waals surface area contributed by atoms with Crippen LogP contribution < -0.4 is 9.62 Å². The number of hydrogen-bond acceptors (Lipinski definition) is 4. The van der Waals surface area contributed by atoms with Gasteiger partial charge in [0.15, 0.2) is 0 Å². The van der Waals surface area contributed by atoms with E-state index < -0.39 is 34.4 Å². The van der Waals surface area contributed by atoms with Gasteiger partial charge in [0.1, 0.15) is 12.6 Å². The quantitative estimate of drug-likeness (QED) is 0.185. The predicted molar refractivity (Wildman–Crippen MR) is 177 cm³/mol. The highest BCUT2D eigenvalue weighted by Crippen LogP contribution is 2.28. The first-order valence-electron chi connectivity index (χ1n) is 14.2. The molecule has 0 aliphatic carbocycles. The number of nitrogens with zero attached hydrogens (tertiary/aromatic N) is 2. The van der Waals surface area contributed by atoms with Gasteiger partial charge in [-0.1, -0.05) is 104 Å². The van der Waals surface area contributed by atoms with Crippen LogP contribution in [0.2, 0.25) is 10.0 Å². The predicted octanol–water partition coefficient (Wildman–Crippen LogP) is 6.70. The van der Waals surface area contributed by atoms with Crippen molar-refractivity contribution < 1.29 is 18.0 Å². The van der Waals surface area contributed by atoms with E-state index in [0.29, 0.717) is 21.3 Å². The zero-order valence-electron chi connectivity index (χ0n) is 24.8. The molecule has 230 valence electrons. The van der Waals surface area contributed by atoms with E-state index in [1.807, 2.05) is 56.3 Å². The summed E-state index contributed by atoms with van der Waals surface area (Å²) in [4.78, 5) is 29.2. The topological polar surface area (TPSA) is 86.8 Å². The van der Waals surface area contributed by atoms with Crippen LogP contribution in [0, 0.1) is 0 Å². The maximum absolute atomic E-state index is 14.4. The highest BCUT2D eigenvalue weighted by atomic mass is 35.5. The van der Waals surface area contributed by atoms with Crippen LogP contribution in [0.5, 0.6) is 0 Å². The van der Waals surface area contributed by atoms with Crippen molar-refractivity contribution in [1.82, 2.24) is 10.2 Å². The molecule has 0 saturated heterocycles. The van der Waals surface area contributed by atoms with Crippen molar-refractivity contribution in [2.75, 3.05) is 17.9 Å². The summed E-state index contributed by atoms with van der Waals surface area (Å²) in [6.45, 7) is 3.49. The maximum Gasteiger partial charge on any atom is 0.264 e. The van der Waals surface area contributed by atoms with Gasteiger partial charge >= 0.3 is 0 Å². The molecule has 44 heavy (non-hydrogen) atoms. The second-order valence-electron chi connectivity index (χ2n) is 10.6. The fourth-order valence-corrected chi connectivity index (χ4v) is 6.73. The minimum atomic E-state index is -4.17. The Morgan fingerprint density at radius 3 is 2.02 bits per heavy atom. The van der Waals surface area contributed by atoms with Crippen molar-refractivity contribution in [3.8, 4) is 0 Å². The summed E-state index contributed by atoms with van der Waals surface area (Å²) < 4.78 is 29.2. The van der Waals surface area contributed by atoms with Crippen LogP contribution in [-0.4, -0.2) is 44.8 Å². The Morgan fingerprint density at radius 1 is 0.841 bits per heavy atom. The van der Waals surface area contributed by atoms with Gasteiger partial charge in [0.25, 0.3) is 10.0 Å². The van der Waals surface area contributed by atoms with Crippen molar-refractivity contribution in [1.29, 1.82) is 0 Å². The average molecular weight is 653 g/mol. The Balaban J connectivity index is 1.80. The highest BCUT2D eigenvalue weighted by Gasteiger charge is 2.34. The number of carbonyl (C=O) groups is 2. The number of carbonyl (C=O) groups excluding carboxylic acids is 2. The van der Waals surface area contributed by atoms with E-state index in [2.05, 4.69) is 5.32 Å². The largest absolute Gasteiger partial charge is 0.357 e. The van der Waals surface area contributed by atoms with Crippen LogP contribution in [0.3, 0.4) is 0 Å². The third kappa shape index (κ3) is 8.00. The Bertz CT molecular complexity index is 1680. The van der Waals surface area contributed by atoms with Crippen molar-refractivity contribution in [3.63, 3.8) is 0 Å². The molecule has 0 spiro atoms. The van der Waals surface area contributed by atoms with Gasteiger partial charge in [0, 0.05) is 30.1 Å². The van der Waals surface area contributed by atoms with Gasteiger partial charge in [-0.25, -0.2) is 8.42 Å². The van der Waals surface area contributed by atoms with Crippen LogP contribution in [0.15, 0.2) is 108 Å². The van der Waals surface area contributed by atoms with E-state index in [4.69, 9.17) is 23.2 Å². The molecule has 1 atom stereocenters. The number of halogens is 2. The highest BCUT2D eigenvalue weighted by molar-refractivity contribution is 7.92. The second kappa shape index (κ2) is 14.8. The molecular weight excluding hydrogens is 617 g/mol. The van der Waals surface area contributed by atoms with Gasteiger partial charge in [-0.3, -0.25) is 13.9 Å². The molecule has 0 radical (unpaired) electrons. The molecule has 0 unspecified atom stereocenters. The molecule has 4 aromatic rings. The van der Waals surface area contributed by atoms with E-state index in [-0.39, 0.29) is 23.8 Å². The lowest BCUT2D eigenvalue weighted by Gasteiger charge is -2.34. The number of nitrogens with one attached hydrogen (secondary N) is 1. The third-order valence-corrected chi connectivity index (χ3v) is 9.71. The van der Waals surface area contributed by atoms with Crippen LogP contribution in [0.4, 0.5) is 5.69 Å². The Kier molecular flexibility index (Phi) is 11.1. The van der Waals surface area contributed by atoms with E-state index >= 15 is 0 Å². The minimum absolute atomic E-state index is 0.0418. The lowest BCUT2D eigenvalue weighted by molar-refractivity contribution is -0.139. The van der Waals surface area contributed by atoms with Crippen molar-refractivity contribution in [3.05, 3.63) is 130 Å². The molecule has 0 heterocycles. The molecule has 0 saturated carbocycles. The summed E-state index contributed by atoms with van der Waals surface area (Å²) >= 11 is 12.7. The first kappa shape index (κ1) is 33.1. The van der Waals surface area contributed by atoms with Gasteiger partial charge in [0.05, 0.1) is 10.6 Å².